The van der Waals surface area contributed by atoms with Crippen LogP contribution in [-0.2, 0) is 18.7 Å². The van der Waals surface area contributed by atoms with E-state index in [0.717, 1.165) is 40.6 Å². The van der Waals surface area contributed by atoms with Gasteiger partial charge < -0.3 is 13.9 Å². The Morgan fingerprint density at radius 3 is 2.11 bits per heavy atom. The van der Waals surface area contributed by atoms with Gasteiger partial charge in [-0.2, -0.15) is 0 Å². The molecule has 5 aliphatic rings. The number of allylic oxidation sites excluding steroid dienone is 2. The second-order valence-electron chi connectivity index (χ2n) is 14.7. The standard InChI is InChI=1S/C31H49IO4Si/c1-18(2)29-13-14-30(24(29)16-29)12-11-22-26(33)23(32)15-31(27(22)34-30)17-25(28(9,10)36-31)35-37(19(3)4,20(5)6)21(7)8/h15,18-21,24-25H,11-14,16-17H2,1-10H3/t24-,25-,29+,30-,31+/m1/s1. The van der Waals surface area contributed by atoms with Crippen LogP contribution in [0.4, 0.5) is 0 Å². The minimum absolute atomic E-state index is 0.0468. The average Bonchev–Trinajstić information content (AvgIpc) is 3.40. The van der Waals surface area contributed by atoms with Crippen molar-refractivity contribution < 1.29 is 18.7 Å². The minimum Gasteiger partial charge on any atom is -0.487 e. The summed E-state index contributed by atoms with van der Waals surface area (Å²) in [5, 5.41) is 0. The van der Waals surface area contributed by atoms with Gasteiger partial charge in [0.1, 0.15) is 17.0 Å². The zero-order chi connectivity index (χ0) is 27.3. The zero-order valence-corrected chi connectivity index (χ0v) is 28.0. The predicted octanol–water partition coefficient (Wildman–Crippen LogP) is 8.65. The second-order valence-corrected chi connectivity index (χ2v) is 21.2. The molecule has 2 aliphatic heterocycles. The Morgan fingerprint density at radius 2 is 1.59 bits per heavy atom. The number of Topliss-reactive ketones (excluding diaryl/α,β-unsaturated/α-hetero) is 1. The second kappa shape index (κ2) is 8.91. The molecule has 3 fully saturated rings. The third-order valence-corrected chi connectivity index (χ3v) is 18.2. The van der Waals surface area contributed by atoms with Crippen LogP contribution in [0.1, 0.15) is 108 Å². The molecule has 0 aromatic carbocycles. The zero-order valence-electron chi connectivity index (χ0n) is 24.8. The third-order valence-electron chi connectivity index (χ3n) is 11.3. The highest BCUT2D eigenvalue weighted by molar-refractivity contribution is 14.1. The van der Waals surface area contributed by atoms with E-state index >= 15 is 0 Å². The summed E-state index contributed by atoms with van der Waals surface area (Å²) in [7, 11) is -2.12. The minimum atomic E-state index is -2.12. The van der Waals surface area contributed by atoms with E-state index in [1.807, 2.05) is 0 Å². The van der Waals surface area contributed by atoms with Crippen LogP contribution >= 0.6 is 22.6 Å². The van der Waals surface area contributed by atoms with E-state index in [0.29, 0.717) is 33.9 Å². The summed E-state index contributed by atoms with van der Waals surface area (Å²) in [4.78, 5) is 13.4. The molecule has 0 amide bonds. The van der Waals surface area contributed by atoms with E-state index in [9.17, 15) is 4.79 Å². The highest BCUT2D eigenvalue weighted by atomic mass is 127. The molecule has 0 aromatic rings. The summed E-state index contributed by atoms with van der Waals surface area (Å²) in [5.41, 5.74) is 1.48. The lowest BCUT2D eigenvalue weighted by molar-refractivity contribution is -0.129. The number of carbonyl (C=O) groups excluding carboxylic acids is 1. The molecular formula is C31H49IO4Si. The van der Waals surface area contributed by atoms with Crippen molar-refractivity contribution in [3.05, 3.63) is 21.0 Å². The maximum atomic E-state index is 13.4. The van der Waals surface area contributed by atoms with Gasteiger partial charge in [-0.1, -0.05) is 55.4 Å². The van der Waals surface area contributed by atoms with E-state index in [4.69, 9.17) is 13.9 Å². The van der Waals surface area contributed by atoms with Gasteiger partial charge in [-0.3, -0.25) is 4.79 Å². The van der Waals surface area contributed by atoms with Crippen molar-refractivity contribution in [1.29, 1.82) is 0 Å². The van der Waals surface area contributed by atoms with E-state index in [1.165, 1.54) is 12.8 Å². The van der Waals surface area contributed by atoms with Crippen molar-refractivity contribution in [2.75, 3.05) is 0 Å². The van der Waals surface area contributed by atoms with Gasteiger partial charge in [0.2, 0.25) is 8.32 Å². The maximum Gasteiger partial charge on any atom is 0.200 e. The van der Waals surface area contributed by atoms with Crippen molar-refractivity contribution >= 4 is 36.7 Å². The molecule has 2 heterocycles. The van der Waals surface area contributed by atoms with Crippen molar-refractivity contribution in [1.82, 2.24) is 0 Å². The van der Waals surface area contributed by atoms with Gasteiger partial charge in [-0.25, -0.2) is 0 Å². The predicted molar refractivity (Wildman–Crippen MR) is 160 cm³/mol. The fourth-order valence-corrected chi connectivity index (χ4v) is 15.7. The number of carbonyl (C=O) groups is 1. The monoisotopic (exact) mass is 640 g/mol. The Hall–Kier alpha value is -0.183. The highest BCUT2D eigenvalue weighted by Crippen LogP contribution is 2.74. The average molecular weight is 641 g/mol. The molecule has 5 rings (SSSR count). The molecule has 2 saturated carbocycles. The molecule has 6 heteroatoms. The van der Waals surface area contributed by atoms with Crippen molar-refractivity contribution in [2.24, 2.45) is 17.3 Å². The van der Waals surface area contributed by atoms with Crippen LogP contribution in [0.15, 0.2) is 21.0 Å². The van der Waals surface area contributed by atoms with E-state index in [1.54, 1.807) is 0 Å². The fraction of sp³-hybridized carbons (Fsp3) is 0.839. The van der Waals surface area contributed by atoms with Crippen molar-refractivity contribution in [3.63, 3.8) is 0 Å². The van der Waals surface area contributed by atoms with Crippen molar-refractivity contribution in [3.8, 4) is 0 Å². The molecule has 37 heavy (non-hydrogen) atoms. The quantitative estimate of drug-likeness (QED) is 0.215. The van der Waals surface area contributed by atoms with Crippen LogP contribution in [0.25, 0.3) is 0 Å². The van der Waals surface area contributed by atoms with E-state index < -0.39 is 19.5 Å². The molecule has 0 bridgehead atoms. The number of rotatable bonds is 6. The summed E-state index contributed by atoms with van der Waals surface area (Å²) in [6.07, 6.45) is 8.14. The molecular weight excluding hydrogens is 591 g/mol. The lowest BCUT2D eigenvalue weighted by Crippen LogP contribution is -2.53. The van der Waals surface area contributed by atoms with Gasteiger partial charge >= 0.3 is 0 Å². The summed E-state index contributed by atoms with van der Waals surface area (Å²) >= 11 is 2.22. The molecule has 2 spiro atoms. The van der Waals surface area contributed by atoms with Gasteiger partial charge in [-0.05, 0) is 103 Å². The first-order valence-electron chi connectivity index (χ1n) is 14.8. The van der Waals surface area contributed by atoms with Gasteiger partial charge in [-0.15, -0.1) is 0 Å². The first-order chi connectivity index (χ1) is 17.1. The molecule has 5 atom stereocenters. The van der Waals surface area contributed by atoms with Gasteiger partial charge in [0.25, 0.3) is 0 Å². The third kappa shape index (κ3) is 3.95. The Balaban J connectivity index is 1.52. The summed E-state index contributed by atoms with van der Waals surface area (Å²) in [5.74, 6) is 2.26. The van der Waals surface area contributed by atoms with Crippen LogP contribution in [-0.4, -0.2) is 37.0 Å². The Morgan fingerprint density at radius 1 is 0.973 bits per heavy atom. The molecule has 3 aliphatic carbocycles. The SMILES string of the molecule is CC(C)[C@@]12CC[C@]3(CCC4=C(O3)[C@]3(C=C(I)C4=O)C[C@@H](O[Si](C(C)C)(C(C)C)C(C)C)C(C)(C)O3)[C@@H]1C2. The Kier molecular flexibility index (Phi) is 6.82. The molecule has 0 unspecified atom stereocenters. The van der Waals surface area contributed by atoms with Gasteiger partial charge in [0, 0.05) is 17.9 Å². The number of hydrogen-bond donors (Lipinski definition) is 0. The lowest BCUT2D eigenvalue weighted by Gasteiger charge is -2.46. The molecule has 1 saturated heterocycles. The van der Waals surface area contributed by atoms with Crippen LogP contribution < -0.4 is 0 Å². The summed E-state index contributed by atoms with van der Waals surface area (Å²) in [6.45, 7) is 23.2. The van der Waals surface area contributed by atoms with Gasteiger partial charge in [0.05, 0.1) is 15.3 Å². The smallest absolute Gasteiger partial charge is 0.200 e. The first kappa shape index (κ1) is 28.3. The molecule has 0 aromatic heterocycles. The van der Waals surface area contributed by atoms with Gasteiger partial charge in [0.15, 0.2) is 5.78 Å². The van der Waals surface area contributed by atoms with Crippen LogP contribution in [0, 0.1) is 17.3 Å². The largest absolute Gasteiger partial charge is 0.487 e. The topological polar surface area (TPSA) is 44.8 Å². The molecule has 0 radical (unpaired) electrons. The normalized spacial score (nSPS) is 38.8. The van der Waals surface area contributed by atoms with Crippen molar-refractivity contribution in [2.45, 2.75) is 147 Å². The number of ether oxygens (including phenoxy) is 2. The molecule has 4 nitrogen and oxygen atoms in total. The summed E-state index contributed by atoms with van der Waals surface area (Å²) in [6, 6.07) is 0. The van der Waals surface area contributed by atoms with Crippen LogP contribution in [0.3, 0.4) is 0 Å². The summed E-state index contributed by atoms with van der Waals surface area (Å²) < 4.78 is 22.4. The highest BCUT2D eigenvalue weighted by Gasteiger charge is 2.72. The first-order valence-corrected chi connectivity index (χ1v) is 18.0. The number of ketones is 1. The number of halogens is 1. The fourth-order valence-electron chi connectivity index (χ4n) is 9.24. The van der Waals surface area contributed by atoms with E-state index in [2.05, 4.69) is 97.9 Å². The maximum absolute atomic E-state index is 13.4. The van der Waals surface area contributed by atoms with E-state index in [-0.39, 0.29) is 17.5 Å². The van der Waals surface area contributed by atoms with Crippen LogP contribution in [0.2, 0.25) is 16.6 Å². The molecule has 208 valence electrons. The number of fused-ring (bicyclic) bond motifs is 3. The lowest BCUT2D eigenvalue weighted by atomic mass is 9.78. The Labute approximate surface area is 240 Å². The molecule has 0 N–H and O–H groups in total. The number of hydrogen-bond acceptors (Lipinski definition) is 4. The Bertz CT molecular complexity index is 1020. The van der Waals surface area contributed by atoms with Crippen LogP contribution in [0.5, 0.6) is 0 Å².